The van der Waals surface area contributed by atoms with Gasteiger partial charge in [0.2, 0.25) is 11.6 Å². The summed E-state index contributed by atoms with van der Waals surface area (Å²) in [5.41, 5.74) is 11.4. The number of ether oxygens (including phenoxy) is 3. The number of rotatable bonds is 10. The Morgan fingerprint density at radius 2 is 1.17 bits per heavy atom. The predicted molar refractivity (Wildman–Crippen MR) is 165 cm³/mol. The van der Waals surface area contributed by atoms with Gasteiger partial charge < -0.3 is 41.0 Å². The summed E-state index contributed by atoms with van der Waals surface area (Å²) >= 11 is 0. The molecule has 0 atom stereocenters. The molecule has 248 valence electrons. The minimum Gasteiger partial charge on any atom is -0.504 e. The molecule has 4 aromatic rings. The van der Waals surface area contributed by atoms with Crippen molar-refractivity contribution in [2.75, 3.05) is 25.7 Å². The molecule has 0 heterocycles. The summed E-state index contributed by atoms with van der Waals surface area (Å²) in [4.78, 5) is 40.8. The first-order valence-electron chi connectivity index (χ1n) is 13.0. The lowest BCUT2D eigenvalue weighted by atomic mass is 10.1. The number of nitro groups is 2. The number of nitro benzene ring substituents is 2. The van der Waals surface area contributed by atoms with E-state index in [-0.39, 0.29) is 52.9 Å². The van der Waals surface area contributed by atoms with Crippen molar-refractivity contribution in [3.63, 3.8) is 0 Å². The number of nitrogens with two attached hydrogens (primary N) is 2. The summed E-state index contributed by atoms with van der Waals surface area (Å²) in [7, 11) is 2.81. The lowest BCUT2D eigenvalue weighted by molar-refractivity contribution is -0.387. The quantitative estimate of drug-likeness (QED) is 0.0859. The van der Waals surface area contributed by atoms with Crippen molar-refractivity contribution in [3.8, 4) is 28.7 Å². The molecule has 0 spiro atoms. The van der Waals surface area contributed by atoms with E-state index in [1.165, 1.54) is 62.8 Å². The molecule has 47 heavy (non-hydrogen) atoms. The number of hydrogen-bond donors (Lipinski definition) is 5. The van der Waals surface area contributed by atoms with Gasteiger partial charge in [0.1, 0.15) is 0 Å². The average molecular weight is 657 g/mol. The van der Waals surface area contributed by atoms with Crippen molar-refractivity contribution in [2.45, 2.75) is 12.8 Å². The number of carbonyl (C=O) groups is 2. The van der Waals surface area contributed by atoms with Crippen LogP contribution in [-0.2, 0) is 22.4 Å². The van der Waals surface area contributed by atoms with Crippen molar-refractivity contribution in [3.05, 3.63) is 110 Å². The zero-order valence-corrected chi connectivity index (χ0v) is 24.8. The number of carboxylic acids is 2. The molecule has 0 radical (unpaired) electrons. The Labute approximate surface area is 265 Å². The second-order valence-corrected chi connectivity index (χ2v) is 9.19. The Bertz CT molecular complexity index is 1770. The molecule has 0 aliphatic carbocycles. The van der Waals surface area contributed by atoms with Gasteiger partial charge in [-0.3, -0.25) is 29.8 Å². The first-order chi connectivity index (χ1) is 22.1. The van der Waals surface area contributed by atoms with E-state index in [1.807, 2.05) is 0 Å². The summed E-state index contributed by atoms with van der Waals surface area (Å²) < 4.78 is 28.0. The zero-order valence-electron chi connectivity index (χ0n) is 24.8. The van der Waals surface area contributed by atoms with Gasteiger partial charge in [-0.1, -0.05) is 12.1 Å². The number of aromatic hydroxyl groups is 1. The number of benzene rings is 4. The minimum atomic E-state index is -0.977. The Morgan fingerprint density at radius 1 is 0.702 bits per heavy atom. The van der Waals surface area contributed by atoms with E-state index in [2.05, 4.69) is 0 Å². The second-order valence-electron chi connectivity index (χ2n) is 9.19. The molecule has 0 saturated carbocycles. The number of phenolic OH excluding ortho intramolecular Hbond substituents is 1. The first-order valence-corrected chi connectivity index (χ1v) is 13.0. The number of hydrogen-bond acceptors (Lipinski definition) is 12. The van der Waals surface area contributed by atoms with Gasteiger partial charge in [0.05, 0.1) is 36.9 Å². The van der Waals surface area contributed by atoms with E-state index >= 15 is 0 Å². The van der Waals surface area contributed by atoms with E-state index in [9.17, 15) is 39.3 Å². The summed E-state index contributed by atoms with van der Waals surface area (Å²) in [5.74, 6) is -1.94. The third-order valence-electron chi connectivity index (χ3n) is 5.75. The Morgan fingerprint density at radius 3 is 1.66 bits per heavy atom. The molecule has 16 nitrogen and oxygen atoms in total. The molecular weight excluding hydrogens is 627 g/mol. The monoisotopic (exact) mass is 656 g/mol. The molecule has 4 rings (SSSR count). The van der Waals surface area contributed by atoms with Gasteiger partial charge in [-0.2, -0.15) is 4.39 Å². The average Bonchev–Trinajstić information content (AvgIpc) is 3.00. The Balaban J connectivity index is 0.000000270. The van der Waals surface area contributed by atoms with Crippen LogP contribution >= 0.6 is 0 Å². The van der Waals surface area contributed by atoms with Crippen LogP contribution in [0.1, 0.15) is 11.1 Å². The number of carboxylic acid groups (broad SMARTS) is 2. The molecule has 0 bridgehead atoms. The van der Waals surface area contributed by atoms with E-state index in [0.717, 1.165) is 12.1 Å². The van der Waals surface area contributed by atoms with Gasteiger partial charge in [0.25, 0.3) is 0 Å². The summed E-state index contributed by atoms with van der Waals surface area (Å²) in [6.45, 7) is 0. The fourth-order valence-corrected chi connectivity index (χ4v) is 3.64. The smallest absolute Gasteiger partial charge is 0.313 e. The molecule has 0 amide bonds. The molecular formula is C30H29FN4O12. The molecule has 0 aromatic heterocycles. The highest BCUT2D eigenvalue weighted by Crippen LogP contribution is 2.37. The van der Waals surface area contributed by atoms with Crippen molar-refractivity contribution < 1.29 is 53.4 Å². The maximum Gasteiger partial charge on any atom is 0.313 e. The number of nitrogens with zero attached hydrogens (tertiary/aromatic N) is 2. The van der Waals surface area contributed by atoms with E-state index in [0.29, 0.717) is 16.9 Å². The number of anilines is 2. The second kappa shape index (κ2) is 17.0. The number of nitrogen functional groups attached to an aromatic ring is 2. The number of halogens is 1. The topological polar surface area (TPSA) is 261 Å². The maximum absolute atomic E-state index is 12.5. The van der Waals surface area contributed by atoms with Crippen LogP contribution in [0.4, 0.5) is 27.1 Å². The van der Waals surface area contributed by atoms with Crippen LogP contribution in [0.3, 0.4) is 0 Å². The lowest BCUT2D eigenvalue weighted by Gasteiger charge is -2.12. The molecule has 0 aliphatic heterocycles. The van der Waals surface area contributed by atoms with E-state index < -0.39 is 33.3 Å². The standard InChI is InChI=1S/C15H14N2O6.C9H10O4.C6H5FN2O2/c1-22-14-6-9(7-15(18)19)2-4-13(14)23-12-5-3-10(16)8-11(12)17(20)21;1-13-8-4-6(5-9(11)12)2-3-7(8)10;7-5-2-1-4(8)3-6(5)9(10)11/h2-6,8H,7,16H2,1H3,(H,18,19);2-4,10H,5H2,1H3,(H,11,12);1-3H,8H2. The molecule has 0 saturated heterocycles. The highest BCUT2D eigenvalue weighted by Gasteiger charge is 2.18. The Hall–Kier alpha value is -6.65. The van der Waals surface area contributed by atoms with Crippen molar-refractivity contribution >= 4 is 34.7 Å². The number of methoxy groups -OCH3 is 2. The largest absolute Gasteiger partial charge is 0.504 e. The predicted octanol–water partition coefficient (Wildman–Crippen LogP) is 4.95. The van der Waals surface area contributed by atoms with Gasteiger partial charge in [0, 0.05) is 23.5 Å². The molecule has 0 unspecified atom stereocenters. The summed E-state index contributed by atoms with van der Waals surface area (Å²) in [6, 6.07) is 16.3. The van der Waals surface area contributed by atoms with Crippen LogP contribution in [0.2, 0.25) is 0 Å². The first kappa shape index (κ1) is 36.5. The van der Waals surface area contributed by atoms with Crippen LogP contribution < -0.4 is 25.7 Å². The molecule has 4 aromatic carbocycles. The third-order valence-corrected chi connectivity index (χ3v) is 5.75. The summed E-state index contributed by atoms with van der Waals surface area (Å²) in [6.07, 6.45) is -0.241. The zero-order chi connectivity index (χ0) is 35.3. The fraction of sp³-hybridized carbons (Fsp3) is 0.133. The highest BCUT2D eigenvalue weighted by atomic mass is 19.1. The van der Waals surface area contributed by atoms with E-state index in [4.69, 9.17) is 35.9 Å². The normalized spacial score (nSPS) is 9.85. The van der Waals surface area contributed by atoms with Gasteiger partial charge >= 0.3 is 23.3 Å². The van der Waals surface area contributed by atoms with Gasteiger partial charge in [-0.15, -0.1) is 0 Å². The van der Waals surface area contributed by atoms with Gasteiger partial charge in [-0.05, 0) is 59.7 Å². The maximum atomic E-state index is 12.5. The molecule has 17 heteroatoms. The summed E-state index contributed by atoms with van der Waals surface area (Å²) in [5, 5.41) is 47.6. The number of phenols is 1. The lowest BCUT2D eigenvalue weighted by Crippen LogP contribution is -2.01. The van der Waals surface area contributed by atoms with Gasteiger partial charge in [0.15, 0.2) is 23.0 Å². The van der Waals surface area contributed by atoms with E-state index in [1.54, 1.807) is 12.1 Å². The SMILES string of the molecule is COc1cc(CC(=O)O)ccc1O.COc1cc(CC(=O)O)ccc1Oc1ccc(N)cc1[N+](=O)[O-].Nc1ccc(F)c([N+](=O)[O-])c1. The third kappa shape index (κ3) is 11.4. The highest BCUT2D eigenvalue weighted by molar-refractivity contribution is 5.71. The van der Waals surface area contributed by atoms with Gasteiger partial charge in [-0.25, -0.2) is 0 Å². The van der Waals surface area contributed by atoms with Crippen LogP contribution in [-0.4, -0.2) is 51.3 Å². The van der Waals surface area contributed by atoms with Crippen LogP contribution in [0.5, 0.6) is 28.7 Å². The van der Waals surface area contributed by atoms with Crippen molar-refractivity contribution in [1.29, 1.82) is 0 Å². The molecule has 0 fully saturated rings. The van der Waals surface area contributed by atoms with Crippen LogP contribution in [0.15, 0.2) is 72.8 Å². The van der Waals surface area contributed by atoms with Crippen LogP contribution in [0.25, 0.3) is 0 Å². The fourth-order valence-electron chi connectivity index (χ4n) is 3.64. The van der Waals surface area contributed by atoms with Crippen molar-refractivity contribution in [1.82, 2.24) is 0 Å². The minimum absolute atomic E-state index is 0.00786. The molecule has 0 aliphatic rings. The van der Waals surface area contributed by atoms with Crippen LogP contribution in [0, 0.1) is 26.0 Å². The molecule has 7 N–H and O–H groups in total. The van der Waals surface area contributed by atoms with Crippen molar-refractivity contribution in [2.24, 2.45) is 0 Å². The number of aliphatic carboxylic acids is 2. The Kier molecular flexibility index (Phi) is 13.2.